The van der Waals surface area contributed by atoms with Crippen molar-refractivity contribution < 1.29 is 4.79 Å². The summed E-state index contributed by atoms with van der Waals surface area (Å²) in [5, 5.41) is 12.6. The smallest absolute Gasteiger partial charge is 0.223 e. The van der Waals surface area contributed by atoms with Crippen LogP contribution in [0.3, 0.4) is 0 Å². The van der Waals surface area contributed by atoms with Crippen LogP contribution in [0.2, 0.25) is 0 Å². The summed E-state index contributed by atoms with van der Waals surface area (Å²) < 4.78 is 0. The molecule has 0 aromatic carbocycles. The van der Waals surface area contributed by atoms with Gasteiger partial charge in [0.25, 0.3) is 0 Å². The number of rotatable bonds is 4. The zero-order valence-electron chi connectivity index (χ0n) is 11.7. The molecule has 1 saturated heterocycles. The minimum atomic E-state index is 0.129. The van der Waals surface area contributed by atoms with Gasteiger partial charge in [-0.2, -0.15) is 5.26 Å². The molecule has 1 aliphatic carbocycles. The largest absolute Gasteiger partial charge is 0.343 e. The lowest BCUT2D eigenvalue weighted by molar-refractivity contribution is -0.130. The fraction of sp³-hybridized carbons (Fsp3) is 0.867. The van der Waals surface area contributed by atoms with Crippen molar-refractivity contribution in [1.29, 1.82) is 5.26 Å². The Morgan fingerprint density at radius 2 is 1.89 bits per heavy atom. The average molecular weight is 263 g/mol. The van der Waals surface area contributed by atoms with Crippen molar-refractivity contribution in [1.82, 2.24) is 10.2 Å². The maximum absolute atomic E-state index is 11.9. The number of amides is 1. The van der Waals surface area contributed by atoms with Crippen LogP contribution in [0.4, 0.5) is 0 Å². The third-order valence-electron chi connectivity index (χ3n) is 4.39. The number of likely N-dealkylation sites (tertiary alicyclic amines) is 1. The maximum Gasteiger partial charge on any atom is 0.223 e. The third-order valence-corrected chi connectivity index (χ3v) is 4.39. The molecule has 2 unspecified atom stereocenters. The molecule has 1 N–H and O–H groups in total. The Hall–Kier alpha value is -1.08. The highest BCUT2D eigenvalue weighted by atomic mass is 16.2. The Bertz CT molecular complexity index is 331. The van der Waals surface area contributed by atoms with Gasteiger partial charge in [0.05, 0.1) is 12.0 Å². The number of carbonyl (C=O) groups excluding carboxylic acids is 1. The first-order chi connectivity index (χ1) is 9.31. The summed E-state index contributed by atoms with van der Waals surface area (Å²) in [4.78, 5) is 13.9. The predicted molar refractivity (Wildman–Crippen MR) is 74.4 cm³/mol. The summed E-state index contributed by atoms with van der Waals surface area (Å²) in [6.45, 7) is 2.59. The number of carbonyl (C=O) groups is 1. The van der Waals surface area contributed by atoms with Crippen molar-refractivity contribution in [3.8, 4) is 6.07 Å². The van der Waals surface area contributed by atoms with Crippen LogP contribution < -0.4 is 5.32 Å². The van der Waals surface area contributed by atoms with Gasteiger partial charge in [-0.05, 0) is 25.7 Å². The molecular weight excluding hydrogens is 238 g/mol. The molecule has 19 heavy (non-hydrogen) atoms. The fourth-order valence-electron chi connectivity index (χ4n) is 3.20. The van der Waals surface area contributed by atoms with Gasteiger partial charge in [-0.25, -0.2) is 0 Å². The predicted octanol–water partition coefficient (Wildman–Crippen LogP) is 2.06. The van der Waals surface area contributed by atoms with Crippen LogP contribution in [0.1, 0.15) is 51.4 Å². The van der Waals surface area contributed by atoms with E-state index in [0.717, 1.165) is 45.3 Å². The van der Waals surface area contributed by atoms with Crippen LogP contribution in [0, 0.1) is 17.2 Å². The van der Waals surface area contributed by atoms with Crippen LogP contribution in [0.15, 0.2) is 0 Å². The van der Waals surface area contributed by atoms with Crippen molar-refractivity contribution in [2.45, 2.75) is 57.4 Å². The summed E-state index contributed by atoms with van der Waals surface area (Å²) in [6.07, 6.45) is 8.58. The lowest BCUT2D eigenvalue weighted by Gasteiger charge is -2.21. The molecule has 2 aliphatic rings. The molecule has 1 heterocycles. The van der Waals surface area contributed by atoms with E-state index in [-0.39, 0.29) is 11.8 Å². The molecule has 0 spiro atoms. The van der Waals surface area contributed by atoms with E-state index in [1.165, 1.54) is 19.3 Å². The highest BCUT2D eigenvalue weighted by Crippen LogP contribution is 2.22. The Kier molecular flexibility index (Phi) is 5.65. The molecule has 1 amide bonds. The van der Waals surface area contributed by atoms with Gasteiger partial charge in [0.15, 0.2) is 0 Å². The van der Waals surface area contributed by atoms with Gasteiger partial charge in [0.2, 0.25) is 5.91 Å². The second-order valence-corrected chi connectivity index (χ2v) is 5.77. The molecule has 2 atom stereocenters. The van der Waals surface area contributed by atoms with Crippen molar-refractivity contribution in [2.24, 2.45) is 5.92 Å². The first-order valence-corrected chi connectivity index (χ1v) is 7.72. The minimum Gasteiger partial charge on any atom is -0.343 e. The van der Waals surface area contributed by atoms with Gasteiger partial charge in [0, 0.05) is 32.1 Å². The van der Waals surface area contributed by atoms with Crippen molar-refractivity contribution in [2.75, 3.05) is 19.6 Å². The third kappa shape index (κ3) is 4.21. The van der Waals surface area contributed by atoms with Crippen LogP contribution in [0.5, 0.6) is 0 Å². The standard InChI is InChI=1S/C15H25N3O/c16-12-13-6-2-1-3-7-14(13)17-9-8-15(19)18-10-4-5-11-18/h13-14,17H,1-11H2. The Morgan fingerprint density at radius 1 is 1.16 bits per heavy atom. The number of hydrogen-bond acceptors (Lipinski definition) is 3. The van der Waals surface area contributed by atoms with E-state index in [4.69, 9.17) is 0 Å². The zero-order valence-corrected chi connectivity index (χ0v) is 11.7. The molecule has 2 rings (SSSR count). The van der Waals surface area contributed by atoms with Crippen molar-refractivity contribution in [3.63, 3.8) is 0 Å². The molecule has 0 aromatic rings. The van der Waals surface area contributed by atoms with E-state index in [1.807, 2.05) is 4.90 Å². The molecule has 2 fully saturated rings. The molecule has 4 heteroatoms. The van der Waals surface area contributed by atoms with Gasteiger partial charge in [0.1, 0.15) is 0 Å². The van der Waals surface area contributed by atoms with E-state index < -0.39 is 0 Å². The van der Waals surface area contributed by atoms with Gasteiger partial charge in [-0.15, -0.1) is 0 Å². The summed E-state index contributed by atoms with van der Waals surface area (Å²) >= 11 is 0. The normalized spacial score (nSPS) is 27.8. The summed E-state index contributed by atoms with van der Waals surface area (Å²) in [5.74, 6) is 0.400. The number of nitrogens with zero attached hydrogens (tertiary/aromatic N) is 2. The SMILES string of the molecule is N#CC1CCCCCC1NCCC(=O)N1CCCC1. The molecule has 1 saturated carbocycles. The molecule has 0 bridgehead atoms. The molecule has 0 aromatic heterocycles. The van der Waals surface area contributed by atoms with Gasteiger partial charge >= 0.3 is 0 Å². The Labute approximate surface area is 116 Å². The van der Waals surface area contributed by atoms with Crippen LogP contribution in [-0.4, -0.2) is 36.5 Å². The number of hydrogen-bond donors (Lipinski definition) is 1. The summed E-state index contributed by atoms with van der Waals surface area (Å²) in [7, 11) is 0. The first-order valence-electron chi connectivity index (χ1n) is 7.72. The lowest BCUT2D eigenvalue weighted by Crippen LogP contribution is -2.38. The molecule has 0 radical (unpaired) electrons. The Morgan fingerprint density at radius 3 is 2.63 bits per heavy atom. The summed E-state index contributed by atoms with van der Waals surface area (Å²) in [5.41, 5.74) is 0. The average Bonchev–Trinajstić information content (AvgIpc) is 2.86. The van der Waals surface area contributed by atoms with E-state index in [9.17, 15) is 10.1 Å². The molecule has 1 aliphatic heterocycles. The Balaban J connectivity index is 1.71. The van der Waals surface area contributed by atoms with Gasteiger partial charge < -0.3 is 10.2 Å². The van der Waals surface area contributed by atoms with E-state index >= 15 is 0 Å². The van der Waals surface area contributed by atoms with Gasteiger partial charge in [-0.1, -0.05) is 19.3 Å². The van der Waals surface area contributed by atoms with E-state index in [2.05, 4.69) is 11.4 Å². The van der Waals surface area contributed by atoms with E-state index in [1.54, 1.807) is 0 Å². The summed E-state index contributed by atoms with van der Waals surface area (Å²) in [6, 6.07) is 2.72. The maximum atomic E-state index is 11.9. The minimum absolute atomic E-state index is 0.129. The monoisotopic (exact) mass is 263 g/mol. The zero-order chi connectivity index (χ0) is 13.5. The van der Waals surface area contributed by atoms with E-state index in [0.29, 0.717) is 12.5 Å². The van der Waals surface area contributed by atoms with Crippen LogP contribution in [-0.2, 0) is 4.79 Å². The first kappa shape index (κ1) is 14.3. The van der Waals surface area contributed by atoms with Crippen LogP contribution >= 0.6 is 0 Å². The highest BCUT2D eigenvalue weighted by molar-refractivity contribution is 5.76. The fourth-order valence-corrected chi connectivity index (χ4v) is 3.20. The number of nitrogens with one attached hydrogen (secondary N) is 1. The van der Waals surface area contributed by atoms with Gasteiger partial charge in [-0.3, -0.25) is 4.79 Å². The van der Waals surface area contributed by atoms with Crippen LogP contribution in [0.25, 0.3) is 0 Å². The topological polar surface area (TPSA) is 56.1 Å². The quantitative estimate of drug-likeness (QED) is 0.790. The highest BCUT2D eigenvalue weighted by Gasteiger charge is 2.23. The van der Waals surface area contributed by atoms with Crippen molar-refractivity contribution >= 4 is 5.91 Å². The molecule has 4 nitrogen and oxygen atoms in total. The lowest BCUT2D eigenvalue weighted by atomic mass is 9.96. The molecule has 106 valence electrons. The van der Waals surface area contributed by atoms with Crippen molar-refractivity contribution in [3.05, 3.63) is 0 Å². The number of nitriles is 1. The second kappa shape index (κ2) is 7.49. The molecular formula is C15H25N3O. The second-order valence-electron chi connectivity index (χ2n) is 5.77.